The second-order valence-electron chi connectivity index (χ2n) is 6.48. The molecule has 0 saturated carbocycles. The molecule has 32 heavy (non-hydrogen) atoms. The first kappa shape index (κ1) is 25.8. The van der Waals surface area contributed by atoms with Gasteiger partial charge in [-0.15, -0.1) is 5.11 Å². The molecule has 0 saturated heterocycles. The van der Waals surface area contributed by atoms with E-state index in [0.717, 1.165) is 17.7 Å². The highest BCUT2D eigenvalue weighted by Crippen LogP contribution is 2.32. The van der Waals surface area contributed by atoms with Crippen LogP contribution in [0.25, 0.3) is 0 Å². The molecule has 0 aromatic heterocycles. The van der Waals surface area contributed by atoms with Gasteiger partial charge in [-0.2, -0.15) is 21.9 Å². The Labute approximate surface area is 185 Å². The quantitative estimate of drug-likeness (QED) is 0.376. The smallest absolute Gasteiger partial charge is 0.397 e. The SMILES string of the molecule is COc1cc(N=Nc2ccc(S(=O)(=O)CCOS(=O)(=O)O)cc2S(=O)(=O)O)c(C)cc1C. The van der Waals surface area contributed by atoms with Crippen LogP contribution >= 0.6 is 0 Å². The number of aryl methyl sites for hydroxylation is 2. The maximum Gasteiger partial charge on any atom is 0.397 e. The van der Waals surface area contributed by atoms with Crippen molar-refractivity contribution in [3.8, 4) is 5.75 Å². The van der Waals surface area contributed by atoms with Crippen LogP contribution in [0, 0.1) is 13.8 Å². The Morgan fingerprint density at radius 3 is 2.06 bits per heavy atom. The maximum atomic E-state index is 12.3. The molecule has 2 rings (SSSR count). The lowest BCUT2D eigenvalue weighted by Crippen LogP contribution is -2.16. The Balaban J connectivity index is 2.45. The van der Waals surface area contributed by atoms with Gasteiger partial charge < -0.3 is 4.74 Å². The van der Waals surface area contributed by atoms with E-state index in [1.54, 1.807) is 19.1 Å². The van der Waals surface area contributed by atoms with Gasteiger partial charge in [0.2, 0.25) is 0 Å². The van der Waals surface area contributed by atoms with Crippen LogP contribution in [0.3, 0.4) is 0 Å². The fourth-order valence-electron chi connectivity index (χ4n) is 2.60. The summed E-state index contributed by atoms with van der Waals surface area (Å²) in [6, 6.07) is 6.05. The Morgan fingerprint density at radius 2 is 1.50 bits per heavy atom. The van der Waals surface area contributed by atoms with Gasteiger partial charge in [0, 0.05) is 6.07 Å². The molecule has 0 spiro atoms. The molecule has 0 atom stereocenters. The van der Waals surface area contributed by atoms with Gasteiger partial charge in [0.15, 0.2) is 9.84 Å². The number of ether oxygens (including phenoxy) is 1. The van der Waals surface area contributed by atoms with Crippen molar-refractivity contribution < 1.29 is 43.3 Å². The molecule has 2 aromatic rings. The predicted octanol–water partition coefficient (Wildman–Crippen LogP) is 2.57. The van der Waals surface area contributed by atoms with Crippen molar-refractivity contribution in [1.82, 2.24) is 0 Å². The minimum Gasteiger partial charge on any atom is -0.496 e. The highest BCUT2D eigenvalue weighted by molar-refractivity contribution is 7.91. The van der Waals surface area contributed by atoms with E-state index >= 15 is 0 Å². The lowest BCUT2D eigenvalue weighted by atomic mass is 10.1. The number of rotatable bonds is 9. The Kier molecular flexibility index (Phi) is 7.75. The molecule has 0 radical (unpaired) electrons. The summed E-state index contributed by atoms with van der Waals surface area (Å²) in [5.41, 5.74) is 1.57. The van der Waals surface area contributed by atoms with Crippen LogP contribution in [0.2, 0.25) is 0 Å². The van der Waals surface area contributed by atoms with Crippen molar-refractivity contribution in [2.45, 2.75) is 23.6 Å². The molecule has 0 unspecified atom stereocenters. The molecule has 0 aliphatic rings. The minimum absolute atomic E-state index is 0.334. The van der Waals surface area contributed by atoms with Crippen LogP contribution in [-0.2, 0) is 34.5 Å². The summed E-state index contributed by atoms with van der Waals surface area (Å²) in [4.78, 5) is -1.37. The summed E-state index contributed by atoms with van der Waals surface area (Å²) >= 11 is 0. The monoisotopic (exact) mass is 508 g/mol. The van der Waals surface area contributed by atoms with Gasteiger partial charge in [-0.1, -0.05) is 6.07 Å². The van der Waals surface area contributed by atoms with E-state index in [4.69, 9.17) is 9.29 Å². The van der Waals surface area contributed by atoms with E-state index in [9.17, 15) is 29.8 Å². The highest BCUT2D eigenvalue weighted by Gasteiger charge is 2.23. The number of benzene rings is 2. The molecular weight excluding hydrogens is 488 g/mol. The van der Waals surface area contributed by atoms with Gasteiger partial charge in [-0.05, 0) is 43.2 Å². The predicted molar refractivity (Wildman–Crippen MR) is 112 cm³/mol. The average molecular weight is 509 g/mol. The van der Waals surface area contributed by atoms with Crippen molar-refractivity contribution in [3.63, 3.8) is 0 Å². The lowest BCUT2D eigenvalue weighted by Gasteiger charge is -2.09. The van der Waals surface area contributed by atoms with Gasteiger partial charge in [-0.25, -0.2) is 12.6 Å². The molecule has 0 fully saturated rings. The van der Waals surface area contributed by atoms with Crippen LogP contribution in [0.15, 0.2) is 50.4 Å². The molecule has 176 valence electrons. The van der Waals surface area contributed by atoms with Crippen LogP contribution in [0.4, 0.5) is 11.4 Å². The highest BCUT2D eigenvalue weighted by atomic mass is 32.3. The summed E-state index contributed by atoms with van der Waals surface area (Å²) in [5, 5.41) is 7.80. The van der Waals surface area contributed by atoms with Crippen molar-refractivity contribution in [1.29, 1.82) is 0 Å². The molecule has 0 aliphatic carbocycles. The second kappa shape index (κ2) is 9.60. The minimum atomic E-state index is -4.90. The summed E-state index contributed by atoms with van der Waals surface area (Å²) in [6.07, 6.45) is 0. The van der Waals surface area contributed by atoms with Crippen molar-refractivity contribution in [2.24, 2.45) is 10.2 Å². The number of azo groups is 1. The summed E-state index contributed by atoms with van der Waals surface area (Å²) < 4.78 is 96.6. The summed E-state index contributed by atoms with van der Waals surface area (Å²) in [7, 11) is -12.5. The zero-order valence-electron chi connectivity index (χ0n) is 17.1. The zero-order chi connectivity index (χ0) is 24.3. The van der Waals surface area contributed by atoms with Gasteiger partial charge in [0.1, 0.15) is 16.3 Å². The lowest BCUT2D eigenvalue weighted by molar-refractivity contribution is 0.284. The normalized spacial score (nSPS) is 12.9. The third-order valence-electron chi connectivity index (χ3n) is 4.13. The van der Waals surface area contributed by atoms with Crippen LogP contribution in [-0.4, -0.2) is 53.8 Å². The van der Waals surface area contributed by atoms with E-state index in [-0.39, 0.29) is 5.69 Å². The molecule has 0 aliphatic heterocycles. The van der Waals surface area contributed by atoms with Gasteiger partial charge in [0.05, 0.1) is 30.1 Å². The van der Waals surface area contributed by atoms with Gasteiger partial charge >= 0.3 is 10.4 Å². The first-order valence-electron chi connectivity index (χ1n) is 8.67. The third kappa shape index (κ3) is 6.78. The first-order chi connectivity index (χ1) is 14.6. The van der Waals surface area contributed by atoms with E-state index < -0.39 is 52.5 Å². The van der Waals surface area contributed by atoms with Crippen molar-refractivity contribution in [3.05, 3.63) is 41.5 Å². The average Bonchev–Trinajstić information content (AvgIpc) is 2.65. The molecule has 0 bridgehead atoms. The maximum absolute atomic E-state index is 12.3. The molecule has 2 N–H and O–H groups in total. The van der Waals surface area contributed by atoms with E-state index in [2.05, 4.69) is 14.4 Å². The Bertz CT molecular complexity index is 1370. The van der Waals surface area contributed by atoms with E-state index in [1.807, 2.05) is 6.92 Å². The number of nitrogens with zero attached hydrogens (tertiary/aromatic N) is 2. The third-order valence-corrected chi connectivity index (χ3v) is 7.16. The molecule has 0 amide bonds. The van der Waals surface area contributed by atoms with Crippen LogP contribution in [0.5, 0.6) is 5.75 Å². The molecule has 12 nitrogen and oxygen atoms in total. The number of hydrogen-bond acceptors (Lipinski definition) is 10. The van der Waals surface area contributed by atoms with Gasteiger partial charge in [0.25, 0.3) is 10.1 Å². The zero-order valence-corrected chi connectivity index (χ0v) is 19.5. The number of sulfone groups is 1. The van der Waals surface area contributed by atoms with Crippen molar-refractivity contribution in [2.75, 3.05) is 19.5 Å². The first-order valence-corrected chi connectivity index (χ1v) is 13.1. The second-order valence-corrected chi connectivity index (χ2v) is 11.1. The molecular formula is C17H20N2O10S3. The Hall–Kier alpha value is -2.43. The summed E-state index contributed by atoms with van der Waals surface area (Å²) in [6.45, 7) is 2.66. The Morgan fingerprint density at radius 1 is 0.875 bits per heavy atom. The van der Waals surface area contributed by atoms with Crippen LogP contribution < -0.4 is 4.74 Å². The van der Waals surface area contributed by atoms with E-state index in [1.165, 1.54) is 7.11 Å². The number of methoxy groups -OCH3 is 1. The van der Waals surface area contributed by atoms with Crippen LogP contribution in [0.1, 0.15) is 11.1 Å². The molecule has 15 heteroatoms. The standard InChI is InChI=1S/C17H20N2O10S3/c1-11-8-12(2)16(28-3)10-15(11)19-18-14-5-4-13(9-17(14)31(22,23)24)30(20,21)7-6-29-32(25,26)27/h4-5,8-10H,6-7H2,1-3H3,(H,22,23,24)(H,25,26,27). The van der Waals surface area contributed by atoms with E-state index in [0.29, 0.717) is 23.1 Å². The topological polar surface area (TPSA) is 186 Å². The summed E-state index contributed by atoms with van der Waals surface area (Å²) in [5.74, 6) is -0.367. The van der Waals surface area contributed by atoms with Crippen molar-refractivity contribution >= 4 is 41.7 Å². The number of hydrogen-bond donors (Lipinski definition) is 2. The molecule has 0 heterocycles. The van der Waals surface area contributed by atoms with Gasteiger partial charge in [-0.3, -0.25) is 9.11 Å². The fraction of sp³-hybridized carbons (Fsp3) is 0.294. The molecule has 2 aromatic carbocycles. The fourth-order valence-corrected chi connectivity index (χ4v) is 4.84. The largest absolute Gasteiger partial charge is 0.496 e.